The van der Waals surface area contributed by atoms with E-state index in [4.69, 9.17) is 16.3 Å². The highest BCUT2D eigenvalue weighted by molar-refractivity contribution is 6.32. The van der Waals surface area contributed by atoms with Crippen LogP contribution in [0.25, 0.3) is 0 Å². The lowest BCUT2D eigenvalue weighted by Gasteiger charge is -2.36. The molecule has 0 saturated carbocycles. The molecule has 1 fully saturated rings. The highest BCUT2D eigenvalue weighted by Gasteiger charge is 2.27. The highest BCUT2D eigenvalue weighted by atomic mass is 35.5. The van der Waals surface area contributed by atoms with Gasteiger partial charge in [0.1, 0.15) is 5.75 Å². The second-order valence-corrected chi connectivity index (χ2v) is 7.26. The van der Waals surface area contributed by atoms with Crippen molar-refractivity contribution >= 4 is 23.4 Å². The van der Waals surface area contributed by atoms with Gasteiger partial charge in [-0.1, -0.05) is 25.4 Å². The molecule has 144 valence electrons. The van der Waals surface area contributed by atoms with Crippen molar-refractivity contribution in [3.63, 3.8) is 0 Å². The number of benzene rings is 1. The SMILES string of the molecule is CCC(CC)C(=O)N1CCN(C(=O)COc2cc(C)c(Cl)c(C)c2)CC1. The Morgan fingerprint density at radius 3 is 2.04 bits per heavy atom. The molecule has 1 saturated heterocycles. The summed E-state index contributed by atoms with van der Waals surface area (Å²) in [5.74, 6) is 0.910. The van der Waals surface area contributed by atoms with E-state index in [0.29, 0.717) is 31.9 Å². The fraction of sp³-hybridized carbons (Fsp3) is 0.600. The molecule has 0 aromatic heterocycles. The molecule has 5 nitrogen and oxygen atoms in total. The first-order valence-electron chi connectivity index (χ1n) is 9.33. The molecule has 26 heavy (non-hydrogen) atoms. The van der Waals surface area contributed by atoms with E-state index in [1.807, 2.05) is 44.7 Å². The number of ether oxygens (including phenoxy) is 1. The number of hydrogen-bond acceptors (Lipinski definition) is 3. The molecule has 1 aromatic rings. The Labute approximate surface area is 161 Å². The standard InChI is InChI=1S/C20H29ClN2O3/c1-5-16(6-2)20(25)23-9-7-22(8-10-23)18(24)13-26-17-11-14(3)19(21)15(4)12-17/h11-12,16H,5-10,13H2,1-4H3. The normalized spacial score (nSPS) is 14.7. The van der Waals surface area contributed by atoms with Gasteiger partial charge >= 0.3 is 0 Å². The van der Waals surface area contributed by atoms with Crippen LogP contribution in [0.2, 0.25) is 5.02 Å². The Morgan fingerprint density at radius 1 is 1.04 bits per heavy atom. The molecular weight excluding hydrogens is 352 g/mol. The minimum absolute atomic E-state index is 0.000996. The van der Waals surface area contributed by atoms with Crippen LogP contribution in [0.1, 0.15) is 37.8 Å². The van der Waals surface area contributed by atoms with Gasteiger partial charge in [0.25, 0.3) is 5.91 Å². The van der Waals surface area contributed by atoms with E-state index < -0.39 is 0 Å². The zero-order chi connectivity index (χ0) is 19.3. The van der Waals surface area contributed by atoms with Crippen molar-refractivity contribution in [2.45, 2.75) is 40.5 Å². The number of halogens is 1. The second kappa shape index (κ2) is 9.26. The molecule has 0 radical (unpaired) electrons. The molecule has 0 aliphatic carbocycles. The third kappa shape index (κ3) is 4.91. The molecule has 2 rings (SSSR count). The lowest BCUT2D eigenvalue weighted by atomic mass is 10.0. The van der Waals surface area contributed by atoms with Crippen molar-refractivity contribution < 1.29 is 14.3 Å². The van der Waals surface area contributed by atoms with Crippen molar-refractivity contribution in [1.29, 1.82) is 0 Å². The average Bonchev–Trinajstić information content (AvgIpc) is 2.65. The van der Waals surface area contributed by atoms with Crippen LogP contribution in [0.3, 0.4) is 0 Å². The third-order valence-electron chi connectivity index (χ3n) is 5.05. The molecule has 0 bridgehead atoms. The van der Waals surface area contributed by atoms with E-state index in [1.54, 1.807) is 4.90 Å². The summed E-state index contributed by atoms with van der Waals surface area (Å²) in [7, 11) is 0. The van der Waals surface area contributed by atoms with E-state index in [0.717, 1.165) is 29.0 Å². The zero-order valence-corrected chi connectivity index (χ0v) is 16.9. The Morgan fingerprint density at radius 2 is 1.54 bits per heavy atom. The van der Waals surface area contributed by atoms with Gasteiger partial charge in [0.05, 0.1) is 0 Å². The average molecular weight is 381 g/mol. The van der Waals surface area contributed by atoms with Crippen LogP contribution in [0.4, 0.5) is 0 Å². The predicted octanol–water partition coefficient (Wildman–Crippen LogP) is 3.44. The van der Waals surface area contributed by atoms with Gasteiger partial charge in [-0.25, -0.2) is 0 Å². The van der Waals surface area contributed by atoms with Crippen molar-refractivity contribution in [1.82, 2.24) is 9.80 Å². The molecule has 2 amide bonds. The Balaban J connectivity index is 1.84. The maximum atomic E-state index is 12.4. The number of nitrogens with zero attached hydrogens (tertiary/aromatic N) is 2. The fourth-order valence-electron chi connectivity index (χ4n) is 3.30. The number of carbonyl (C=O) groups excluding carboxylic acids is 2. The largest absolute Gasteiger partial charge is 0.484 e. The number of carbonyl (C=O) groups is 2. The van der Waals surface area contributed by atoms with Gasteiger partial charge in [0.15, 0.2) is 6.61 Å². The van der Waals surface area contributed by atoms with Crippen LogP contribution in [-0.4, -0.2) is 54.4 Å². The molecule has 0 atom stereocenters. The highest BCUT2D eigenvalue weighted by Crippen LogP contribution is 2.25. The Bertz CT molecular complexity index is 627. The number of rotatable bonds is 6. The lowest BCUT2D eigenvalue weighted by molar-refractivity contribution is -0.143. The summed E-state index contributed by atoms with van der Waals surface area (Å²) in [4.78, 5) is 28.5. The maximum Gasteiger partial charge on any atom is 0.260 e. The van der Waals surface area contributed by atoms with E-state index in [9.17, 15) is 9.59 Å². The number of aryl methyl sites for hydroxylation is 2. The molecule has 1 heterocycles. The first-order chi connectivity index (χ1) is 12.4. The van der Waals surface area contributed by atoms with Gasteiger partial charge in [-0.05, 0) is 49.9 Å². The van der Waals surface area contributed by atoms with Crippen LogP contribution in [0.5, 0.6) is 5.75 Å². The first-order valence-corrected chi connectivity index (χ1v) is 9.71. The van der Waals surface area contributed by atoms with E-state index in [2.05, 4.69) is 0 Å². The summed E-state index contributed by atoms with van der Waals surface area (Å²) in [5.41, 5.74) is 1.87. The summed E-state index contributed by atoms with van der Waals surface area (Å²) in [6, 6.07) is 3.68. The van der Waals surface area contributed by atoms with Crippen LogP contribution in [0, 0.1) is 19.8 Å². The van der Waals surface area contributed by atoms with Gasteiger partial charge in [-0.15, -0.1) is 0 Å². The summed E-state index contributed by atoms with van der Waals surface area (Å²) in [6.07, 6.45) is 1.73. The summed E-state index contributed by atoms with van der Waals surface area (Å²) >= 11 is 6.15. The van der Waals surface area contributed by atoms with Gasteiger partial charge in [0, 0.05) is 37.1 Å². The van der Waals surface area contributed by atoms with Crippen LogP contribution >= 0.6 is 11.6 Å². The number of piperazine rings is 1. The molecule has 1 aliphatic heterocycles. The number of amides is 2. The summed E-state index contributed by atoms with van der Waals surface area (Å²) in [6.45, 7) is 10.2. The van der Waals surface area contributed by atoms with Crippen molar-refractivity contribution in [3.8, 4) is 5.75 Å². The topological polar surface area (TPSA) is 49.9 Å². The second-order valence-electron chi connectivity index (χ2n) is 6.88. The Kier molecular flexibility index (Phi) is 7.33. The van der Waals surface area contributed by atoms with E-state index >= 15 is 0 Å². The molecule has 0 unspecified atom stereocenters. The summed E-state index contributed by atoms with van der Waals surface area (Å²) < 4.78 is 5.65. The third-order valence-corrected chi connectivity index (χ3v) is 5.65. The van der Waals surface area contributed by atoms with Gasteiger partial charge in [0.2, 0.25) is 5.91 Å². The quantitative estimate of drug-likeness (QED) is 0.759. The van der Waals surface area contributed by atoms with Crippen LogP contribution in [0.15, 0.2) is 12.1 Å². The molecular formula is C20H29ClN2O3. The van der Waals surface area contributed by atoms with Crippen molar-refractivity contribution in [2.75, 3.05) is 32.8 Å². The Hall–Kier alpha value is -1.75. The first kappa shape index (κ1) is 20.6. The van der Waals surface area contributed by atoms with E-state index in [-0.39, 0.29) is 24.3 Å². The maximum absolute atomic E-state index is 12.4. The van der Waals surface area contributed by atoms with Crippen LogP contribution < -0.4 is 4.74 Å². The predicted molar refractivity (Wildman–Crippen MR) is 104 cm³/mol. The van der Waals surface area contributed by atoms with Gasteiger partial charge < -0.3 is 14.5 Å². The molecule has 6 heteroatoms. The molecule has 0 spiro atoms. The van der Waals surface area contributed by atoms with E-state index in [1.165, 1.54) is 0 Å². The van der Waals surface area contributed by atoms with Gasteiger partial charge in [-0.3, -0.25) is 9.59 Å². The molecule has 0 N–H and O–H groups in total. The summed E-state index contributed by atoms with van der Waals surface area (Å²) in [5, 5.41) is 0.724. The smallest absolute Gasteiger partial charge is 0.260 e. The van der Waals surface area contributed by atoms with Crippen molar-refractivity contribution in [3.05, 3.63) is 28.3 Å². The minimum atomic E-state index is -0.0510. The molecule has 1 aromatic carbocycles. The lowest BCUT2D eigenvalue weighted by Crippen LogP contribution is -2.52. The van der Waals surface area contributed by atoms with Crippen molar-refractivity contribution in [2.24, 2.45) is 5.92 Å². The number of hydrogen-bond donors (Lipinski definition) is 0. The zero-order valence-electron chi connectivity index (χ0n) is 16.2. The van der Waals surface area contributed by atoms with Gasteiger partial charge in [-0.2, -0.15) is 0 Å². The monoisotopic (exact) mass is 380 g/mol. The van der Waals surface area contributed by atoms with Crippen LogP contribution in [-0.2, 0) is 9.59 Å². The fourth-order valence-corrected chi connectivity index (χ4v) is 3.41. The molecule has 1 aliphatic rings. The minimum Gasteiger partial charge on any atom is -0.484 e.